The van der Waals surface area contributed by atoms with Gasteiger partial charge in [-0.3, -0.25) is 0 Å². The van der Waals surface area contributed by atoms with Gasteiger partial charge in [0.1, 0.15) is 12.1 Å². The van der Waals surface area contributed by atoms with Crippen molar-refractivity contribution in [2.24, 2.45) is 11.8 Å². The van der Waals surface area contributed by atoms with Gasteiger partial charge in [-0.15, -0.1) is 0 Å². The number of benzene rings is 1. The second-order valence-corrected chi connectivity index (χ2v) is 9.01. The van der Waals surface area contributed by atoms with Crippen LogP contribution in [0.15, 0.2) is 47.2 Å². The zero-order valence-corrected chi connectivity index (χ0v) is 17.6. The molecule has 1 saturated carbocycles. The van der Waals surface area contributed by atoms with Gasteiger partial charge in [-0.1, -0.05) is 18.2 Å². The Balaban J connectivity index is 1.12. The first-order chi connectivity index (χ1) is 14.6. The molecule has 3 aliphatic rings. The molecular weight excluding hydrogens is 376 g/mol. The van der Waals surface area contributed by atoms with Crippen LogP contribution in [0.3, 0.4) is 0 Å². The summed E-state index contributed by atoms with van der Waals surface area (Å²) in [6.45, 7) is 1.90. The molecule has 0 radical (unpaired) electrons. The van der Waals surface area contributed by atoms with E-state index in [1.807, 2.05) is 18.2 Å². The average molecular weight is 407 g/mol. The van der Waals surface area contributed by atoms with Gasteiger partial charge in [0.15, 0.2) is 0 Å². The molecule has 2 aromatic heterocycles. The quantitative estimate of drug-likeness (QED) is 0.590. The largest absolute Gasteiger partial charge is 0.445 e. The van der Waals surface area contributed by atoms with Crippen LogP contribution >= 0.6 is 0 Å². The Morgan fingerprint density at radius 3 is 2.93 bits per heavy atom. The van der Waals surface area contributed by atoms with Crippen molar-refractivity contribution >= 4 is 16.6 Å². The lowest BCUT2D eigenvalue weighted by Gasteiger charge is -2.47. The molecule has 0 spiro atoms. The fourth-order valence-electron chi connectivity index (χ4n) is 5.22. The first-order valence-electron chi connectivity index (χ1n) is 11.1. The molecule has 1 fully saturated rings. The third-order valence-electron chi connectivity index (χ3n) is 6.93. The van der Waals surface area contributed by atoms with E-state index in [1.165, 1.54) is 5.57 Å². The van der Waals surface area contributed by atoms with Gasteiger partial charge >= 0.3 is 0 Å². The number of para-hydroxylation sites is 2. The van der Waals surface area contributed by atoms with Gasteiger partial charge in [0, 0.05) is 24.5 Å². The third kappa shape index (κ3) is 3.82. The number of nitrogens with zero attached hydrogens (tertiary/aromatic N) is 3. The zero-order chi connectivity index (χ0) is 20.6. The third-order valence-corrected chi connectivity index (χ3v) is 6.93. The number of allylic oxidation sites excluding steroid dienone is 1. The van der Waals surface area contributed by atoms with Gasteiger partial charge in [0.05, 0.1) is 22.8 Å². The number of nitrogens with one attached hydrogen (secondary N) is 1. The number of aromatic amines is 1. The van der Waals surface area contributed by atoms with Crippen LogP contribution < -0.4 is 0 Å². The Bertz CT molecular complexity index is 992. The molecule has 30 heavy (non-hydrogen) atoms. The molecule has 2 N–H and O–H groups in total. The van der Waals surface area contributed by atoms with Crippen LogP contribution in [-0.4, -0.2) is 50.7 Å². The SMILES string of the molecule is CN(CCCc1nc2ccccc2[nH]1)CC[C@@]1(O)C[C@@H]2CC[C@@H]1C=C2c1ncco1. The minimum atomic E-state index is -0.605. The number of aromatic nitrogens is 3. The van der Waals surface area contributed by atoms with E-state index in [0.717, 1.165) is 74.4 Å². The first-order valence-corrected chi connectivity index (χ1v) is 11.1. The van der Waals surface area contributed by atoms with E-state index in [9.17, 15) is 5.11 Å². The van der Waals surface area contributed by atoms with E-state index in [2.05, 4.69) is 39.0 Å². The number of imidazole rings is 1. The van der Waals surface area contributed by atoms with E-state index in [-0.39, 0.29) is 5.92 Å². The van der Waals surface area contributed by atoms with E-state index in [0.29, 0.717) is 5.92 Å². The number of aryl methyl sites for hydroxylation is 1. The summed E-state index contributed by atoms with van der Waals surface area (Å²) in [6, 6.07) is 8.16. The van der Waals surface area contributed by atoms with E-state index >= 15 is 0 Å². The number of H-pyrrole nitrogens is 1. The minimum absolute atomic E-state index is 0.202. The van der Waals surface area contributed by atoms with Gasteiger partial charge in [-0.05, 0) is 63.7 Å². The lowest BCUT2D eigenvalue weighted by Crippen LogP contribution is -2.48. The summed E-state index contributed by atoms with van der Waals surface area (Å²) >= 11 is 0. The van der Waals surface area contributed by atoms with Crippen LogP contribution in [0.25, 0.3) is 16.6 Å². The summed E-state index contributed by atoms with van der Waals surface area (Å²) in [5.41, 5.74) is 2.73. The van der Waals surface area contributed by atoms with Crippen molar-refractivity contribution in [3.05, 3.63) is 54.5 Å². The molecule has 6 nitrogen and oxygen atoms in total. The summed E-state index contributed by atoms with van der Waals surface area (Å²) in [5, 5.41) is 11.4. The highest BCUT2D eigenvalue weighted by Crippen LogP contribution is 2.50. The van der Waals surface area contributed by atoms with Gasteiger partial charge < -0.3 is 19.4 Å². The van der Waals surface area contributed by atoms with Gasteiger partial charge in [-0.2, -0.15) is 0 Å². The summed E-state index contributed by atoms with van der Waals surface area (Å²) in [5.74, 6) is 2.34. The summed E-state index contributed by atoms with van der Waals surface area (Å²) < 4.78 is 5.52. The highest BCUT2D eigenvalue weighted by Gasteiger charge is 2.47. The predicted octanol–water partition coefficient (Wildman–Crippen LogP) is 4.05. The Morgan fingerprint density at radius 2 is 2.17 bits per heavy atom. The molecule has 2 bridgehead atoms. The minimum Gasteiger partial charge on any atom is -0.445 e. The lowest BCUT2D eigenvalue weighted by molar-refractivity contribution is -0.0577. The molecule has 0 aliphatic heterocycles. The Kier molecular flexibility index (Phi) is 5.21. The van der Waals surface area contributed by atoms with Crippen molar-refractivity contribution in [2.75, 3.05) is 20.1 Å². The normalized spacial score (nSPS) is 25.9. The van der Waals surface area contributed by atoms with Crippen molar-refractivity contribution in [3.8, 4) is 0 Å². The predicted molar refractivity (Wildman–Crippen MR) is 117 cm³/mol. The topological polar surface area (TPSA) is 78.2 Å². The maximum absolute atomic E-state index is 11.4. The summed E-state index contributed by atoms with van der Waals surface area (Å²) in [4.78, 5) is 14.7. The average Bonchev–Trinajstić information content (AvgIpc) is 3.42. The van der Waals surface area contributed by atoms with Crippen LogP contribution in [0.4, 0.5) is 0 Å². The molecule has 6 rings (SSSR count). The van der Waals surface area contributed by atoms with Crippen LogP contribution in [0.5, 0.6) is 0 Å². The van der Waals surface area contributed by atoms with Crippen LogP contribution in [0.1, 0.15) is 43.8 Å². The maximum atomic E-state index is 11.4. The molecule has 3 aromatic rings. The molecule has 0 amide bonds. The van der Waals surface area contributed by atoms with Crippen molar-refractivity contribution in [3.63, 3.8) is 0 Å². The second kappa shape index (κ2) is 8.00. The fraction of sp³-hybridized carbons (Fsp3) is 0.500. The van der Waals surface area contributed by atoms with E-state index < -0.39 is 5.60 Å². The van der Waals surface area contributed by atoms with Gasteiger partial charge in [0.2, 0.25) is 5.89 Å². The number of hydrogen-bond acceptors (Lipinski definition) is 5. The van der Waals surface area contributed by atoms with Crippen LogP contribution in [0, 0.1) is 11.8 Å². The highest BCUT2D eigenvalue weighted by molar-refractivity contribution is 5.74. The molecule has 0 saturated heterocycles. The van der Waals surface area contributed by atoms with Gasteiger partial charge in [-0.25, -0.2) is 9.97 Å². The molecule has 3 aliphatic carbocycles. The summed E-state index contributed by atoms with van der Waals surface area (Å²) in [6.07, 6.45) is 11.4. The van der Waals surface area contributed by atoms with Gasteiger partial charge in [0.25, 0.3) is 0 Å². The number of hydrogen-bond donors (Lipinski definition) is 2. The van der Waals surface area contributed by atoms with E-state index in [1.54, 1.807) is 12.5 Å². The molecule has 0 unspecified atom stereocenters. The lowest BCUT2D eigenvalue weighted by atomic mass is 9.62. The maximum Gasteiger partial charge on any atom is 0.221 e. The number of fused-ring (bicyclic) bond motifs is 3. The van der Waals surface area contributed by atoms with Crippen molar-refractivity contribution in [1.29, 1.82) is 0 Å². The number of oxazole rings is 1. The smallest absolute Gasteiger partial charge is 0.221 e. The van der Waals surface area contributed by atoms with Crippen molar-refractivity contribution in [1.82, 2.24) is 19.9 Å². The second-order valence-electron chi connectivity index (χ2n) is 9.01. The van der Waals surface area contributed by atoms with Crippen LogP contribution in [0.2, 0.25) is 0 Å². The molecule has 6 heteroatoms. The standard InChI is InChI=1S/C24H30N4O2/c1-28(12-4-7-22-26-20-5-2-3-6-21(20)27-22)13-10-24(29)16-17-8-9-18(24)15-19(17)23-25-11-14-30-23/h2-3,5-6,11,14-15,17-18,29H,4,7-10,12-13,16H2,1H3,(H,26,27)/t17-,18+,24+/m0/s1. The Hall–Kier alpha value is -2.44. The monoisotopic (exact) mass is 406 g/mol. The molecule has 1 aromatic carbocycles. The van der Waals surface area contributed by atoms with Crippen molar-refractivity contribution in [2.45, 2.75) is 44.1 Å². The number of aliphatic hydroxyl groups is 1. The van der Waals surface area contributed by atoms with Crippen LogP contribution in [-0.2, 0) is 6.42 Å². The first kappa shape index (κ1) is 19.5. The molecular formula is C24H30N4O2. The molecule has 3 atom stereocenters. The Labute approximate surface area is 177 Å². The fourth-order valence-corrected chi connectivity index (χ4v) is 5.22. The summed E-state index contributed by atoms with van der Waals surface area (Å²) in [7, 11) is 2.15. The Morgan fingerprint density at radius 1 is 1.27 bits per heavy atom. The van der Waals surface area contributed by atoms with E-state index in [4.69, 9.17) is 4.42 Å². The molecule has 158 valence electrons. The van der Waals surface area contributed by atoms with Crippen molar-refractivity contribution < 1.29 is 9.52 Å². The number of rotatable bonds is 8. The molecule has 2 heterocycles. The highest BCUT2D eigenvalue weighted by atomic mass is 16.3. The zero-order valence-electron chi connectivity index (χ0n) is 17.6.